The summed E-state index contributed by atoms with van der Waals surface area (Å²) < 4.78 is 39.9. The van der Waals surface area contributed by atoms with E-state index in [1.807, 2.05) is 11.4 Å². The maximum atomic E-state index is 13.6. The number of nitrogens with one attached hydrogen (secondary N) is 1. The molecule has 2 saturated carbocycles. The van der Waals surface area contributed by atoms with E-state index in [1.54, 1.807) is 23.1 Å². The number of imide groups is 1. The number of hydrogen-bond donors (Lipinski definition) is 1. The zero-order valence-electron chi connectivity index (χ0n) is 17.8. The summed E-state index contributed by atoms with van der Waals surface area (Å²) in [6.45, 7) is 0. The van der Waals surface area contributed by atoms with Gasteiger partial charge in [-0.1, -0.05) is 23.5 Å². The Morgan fingerprint density at radius 3 is 2.49 bits per heavy atom. The van der Waals surface area contributed by atoms with E-state index in [0.29, 0.717) is 0 Å². The average Bonchev–Trinajstić information content (AvgIpc) is 3.61. The Bertz CT molecular complexity index is 1430. The third-order valence-electron chi connectivity index (χ3n) is 8.01. The van der Waals surface area contributed by atoms with Crippen LogP contribution in [0.5, 0.6) is 0 Å². The molecule has 0 radical (unpaired) electrons. The van der Waals surface area contributed by atoms with Gasteiger partial charge in [0.2, 0.25) is 11.8 Å². The Kier molecular flexibility index (Phi) is 4.58. The lowest BCUT2D eigenvalue weighted by molar-refractivity contribution is -0.137. The summed E-state index contributed by atoms with van der Waals surface area (Å²) >= 11 is 4.42. The molecule has 3 aromatic rings. The average molecular weight is 535 g/mol. The topological polar surface area (TPSA) is 70.2 Å². The van der Waals surface area contributed by atoms with Crippen LogP contribution in [0.2, 0.25) is 0 Å². The van der Waals surface area contributed by atoms with Crippen LogP contribution in [0.4, 0.5) is 18.9 Å². The molecule has 4 heterocycles. The Morgan fingerprint density at radius 1 is 1.00 bits per heavy atom. The predicted molar refractivity (Wildman–Crippen MR) is 127 cm³/mol. The first-order valence-corrected chi connectivity index (χ1v) is 13.8. The number of hydrogen-bond acceptors (Lipinski definition) is 6. The molecule has 35 heavy (non-hydrogen) atoms. The van der Waals surface area contributed by atoms with Crippen molar-refractivity contribution in [1.82, 2.24) is 4.98 Å². The van der Waals surface area contributed by atoms with Gasteiger partial charge in [-0.15, -0.1) is 23.1 Å². The summed E-state index contributed by atoms with van der Waals surface area (Å²) in [5.74, 6) is -1.94. The Morgan fingerprint density at radius 2 is 1.77 bits per heavy atom. The lowest BCUT2D eigenvalue weighted by Gasteiger charge is -2.42. The number of thiophene rings is 1. The fourth-order valence-electron chi connectivity index (χ4n) is 6.88. The molecule has 1 aromatic carbocycles. The first-order valence-electron chi connectivity index (χ1n) is 11.2. The van der Waals surface area contributed by atoms with Gasteiger partial charge in [0.15, 0.2) is 0 Å². The zero-order valence-corrected chi connectivity index (χ0v) is 20.3. The van der Waals surface area contributed by atoms with Gasteiger partial charge in [-0.3, -0.25) is 19.3 Å². The summed E-state index contributed by atoms with van der Waals surface area (Å²) in [7, 11) is 0. The molecule has 7 rings (SSSR count). The number of nitrogens with zero attached hydrogens (tertiary/aromatic N) is 1. The highest BCUT2D eigenvalue weighted by atomic mass is 32.2. The number of thiazole rings is 1. The van der Waals surface area contributed by atoms with Crippen molar-refractivity contribution in [1.29, 1.82) is 0 Å². The molecule has 3 fully saturated rings. The van der Waals surface area contributed by atoms with Crippen molar-refractivity contribution in [3.05, 3.63) is 66.8 Å². The lowest BCUT2D eigenvalue weighted by atomic mass is 9.69. The van der Waals surface area contributed by atoms with Gasteiger partial charge in [0.05, 0.1) is 28.1 Å². The van der Waals surface area contributed by atoms with Gasteiger partial charge in [-0.25, -0.2) is 0 Å². The second-order valence-electron chi connectivity index (χ2n) is 9.54. The second-order valence-corrected chi connectivity index (χ2v) is 12.7. The van der Waals surface area contributed by atoms with E-state index >= 15 is 0 Å². The van der Waals surface area contributed by atoms with Crippen LogP contribution in [0.15, 0.2) is 51.6 Å². The number of H-pyrrole nitrogens is 1. The molecule has 2 aliphatic heterocycles. The van der Waals surface area contributed by atoms with Gasteiger partial charge >= 0.3 is 11.0 Å². The number of anilines is 1. The minimum absolute atomic E-state index is 0.0162. The van der Waals surface area contributed by atoms with Crippen LogP contribution in [0.25, 0.3) is 0 Å². The van der Waals surface area contributed by atoms with Gasteiger partial charge < -0.3 is 4.98 Å². The van der Waals surface area contributed by atoms with Crippen LogP contribution in [-0.2, 0) is 15.8 Å². The molecule has 2 bridgehead atoms. The number of amides is 2. The van der Waals surface area contributed by atoms with E-state index in [4.69, 9.17) is 0 Å². The quantitative estimate of drug-likeness (QED) is 0.459. The number of benzene rings is 1. The first kappa shape index (κ1) is 21.9. The van der Waals surface area contributed by atoms with E-state index in [1.165, 1.54) is 23.5 Å². The van der Waals surface area contributed by atoms with Crippen LogP contribution in [0.1, 0.15) is 27.7 Å². The molecule has 1 N–H and O–H groups in total. The molecule has 7 atom stereocenters. The summed E-state index contributed by atoms with van der Waals surface area (Å²) in [6, 6.07) is 8.48. The van der Waals surface area contributed by atoms with Gasteiger partial charge in [0, 0.05) is 20.9 Å². The number of halogens is 3. The van der Waals surface area contributed by atoms with Gasteiger partial charge in [0.1, 0.15) is 0 Å². The summed E-state index contributed by atoms with van der Waals surface area (Å²) in [5.41, 5.74) is -0.900. The van der Waals surface area contributed by atoms with Gasteiger partial charge in [-0.2, -0.15) is 13.2 Å². The highest BCUT2D eigenvalue weighted by molar-refractivity contribution is 8.00. The SMILES string of the molecule is O=C1C2C3CC(C2C(=O)N1c1cccc(C(F)(F)F)c1)C1C(c2cccs2)c2sc(=O)[nH]c2SC31. The smallest absolute Gasteiger partial charge is 0.307 e. The van der Waals surface area contributed by atoms with Crippen molar-refractivity contribution in [2.45, 2.75) is 28.8 Å². The minimum atomic E-state index is -4.56. The number of aromatic nitrogens is 1. The standard InChI is InChI=1S/C24H17F3N2O3S3/c25-24(26,27)9-3-1-4-10(7-9)29-21(30)15-11-8-12(16(15)22(29)31)18-14(11)17(13-5-2-6-33-13)19-20(34-18)28-23(32)35-19/h1-7,11-12,14-18H,8H2,(H,28,32). The van der Waals surface area contributed by atoms with E-state index in [0.717, 1.165) is 38.2 Å². The van der Waals surface area contributed by atoms with Gasteiger partial charge in [-0.05, 0) is 53.8 Å². The zero-order chi connectivity index (χ0) is 24.2. The van der Waals surface area contributed by atoms with Crippen molar-refractivity contribution in [2.75, 3.05) is 4.90 Å². The number of rotatable bonds is 2. The van der Waals surface area contributed by atoms with Crippen LogP contribution < -0.4 is 9.77 Å². The van der Waals surface area contributed by atoms with E-state index in [-0.39, 0.29) is 39.5 Å². The second kappa shape index (κ2) is 7.33. The van der Waals surface area contributed by atoms with Gasteiger partial charge in [0.25, 0.3) is 0 Å². The lowest BCUT2D eigenvalue weighted by Crippen LogP contribution is -2.42. The molecule has 180 valence electrons. The predicted octanol–water partition coefficient (Wildman–Crippen LogP) is 5.19. The third kappa shape index (κ3) is 2.97. The van der Waals surface area contributed by atoms with Crippen LogP contribution in [-0.4, -0.2) is 22.0 Å². The van der Waals surface area contributed by atoms with E-state index < -0.39 is 35.4 Å². The Labute approximate surface area is 209 Å². The van der Waals surface area contributed by atoms with Crippen LogP contribution in [0, 0.1) is 29.6 Å². The molecule has 4 aliphatic rings. The fourth-order valence-corrected chi connectivity index (χ4v) is 10.7. The monoisotopic (exact) mass is 534 g/mol. The van der Waals surface area contributed by atoms with Crippen molar-refractivity contribution < 1.29 is 22.8 Å². The molecule has 2 amide bonds. The molecule has 5 nitrogen and oxygen atoms in total. The largest absolute Gasteiger partial charge is 0.416 e. The number of fused-ring (bicyclic) bond motifs is 9. The Balaban J connectivity index is 1.30. The molecule has 7 unspecified atom stereocenters. The third-order valence-corrected chi connectivity index (χ3v) is 11.5. The number of aromatic amines is 1. The summed E-state index contributed by atoms with van der Waals surface area (Å²) in [5, 5.41) is 2.90. The fraction of sp³-hybridized carbons (Fsp3) is 0.375. The summed E-state index contributed by atoms with van der Waals surface area (Å²) in [4.78, 5) is 45.4. The first-order chi connectivity index (χ1) is 16.7. The minimum Gasteiger partial charge on any atom is -0.307 e. The highest BCUT2D eigenvalue weighted by Gasteiger charge is 2.69. The Hall–Kier alpha value is -2.37. The number of alkyl halides is 3. The number of carbonyl (C=O) groups excluding carboxylic acids is 2. The maximum Gasteiger partial charge on any atom is 0.416 e. The molecular weight excluding hydrogens is 517 g/mol. The van der Waals surface area contributed by atoms with Crippen molar-refractivity contribution >= 4 is 51.9 Å². The molecule has 11 heteroatoms. The van der Waals surface area contributed by atoms with Crippen LogP contribution in [0.3, 0.4) is 0 Å². The number of carbonyl (C=O) groups is 2. The van der Waals surface area contributed by atoms with E-state index in [2.05, 4.69) is 11.1 Å². The molecule has 2 aliphatic carbocycles. The summed E-state index contributed by atoms with van der Waals surface area (Å²) in [6.07, 6.45) is -3.82. The van der Waals surface area contributed by atoms with Crippen molar-refractivity contribution in [2.24, 2.45) is 29.6 Å². The highest BCUT2D eigenvalue weighted by Crippen LogP contribution is 2.69. The maximum absolute atomic E-state index is 13.6. The van der Waals surface area contributed by atoms with Crippen LogP contribution >= 0.6 is 34.4 Å². The molecule has 0 spiro atoms. The molecular formula is C24H17F3N2O3S3. The van der Waals surface area contributed by atoms with Crippen molar-refractivity contribution in [3.63, 3.8) is 0 Å². The van der Waals surface area contributed by atoms with E-state index in [9.17, 15) is 27.6 Å². The van der Waals surface area contributed by atoms with Crippen molar-refractivity contribution in [3.8, 4) is 0 Å². The number of thioether (sulfide) groups is 1. The molecule has 1 saturated heterocycles. The normalized spacial score (nSPS) is 33.2. The molecule has 2 aromatic heterocycles.